The molecule has 1 atom stereocenters. The number of aromatic nitrogens is 3. The smallest absolute Gasteiger partial charge is 0.322 e. The highest BCUT2D eigenvalue weighted by Crippen LogP contribution is 2.42. The van der Waals surface area contributed by atoms with Crippen LogP contribution in [0.4, 0.5) is 10.5 Å². The largest absolute Gasteiger partial charge is 0.371 e. The number of aryl methyl sites for hydroxylation is 1. The molecule has 1 saturated carbocycles. The van der Waals surface area contributed by atoms with Crippen molar-refractivity contribution in [2.24, 2.45) is 7.05 Å². The summed E-state index contributed by atoms with van der Waals surface area (Å²) in [5, 5.41) is 12.1. The number of benzene rings is 1. The molecule has 4 rings (SSSR count). The second-order valence-electron chi connectivity index (χ2n) is 6.99. The molecule has 1 saturated heterocycles. The zero-order valence-corrected chi connectivity index (χ0v) is 15.8. The molecule has 0 bridgehead atoms. The average Bonchev–Trinajstić information content (AvgIpc) is 3.26. The van der Waals surface area contributed by atoms with Crippen LogP contribution in [0.25, 0.3) is 0 Å². The fourth-order valence-electron chi connectivity index (χ4n) is 3.14. The SMILES string of the molecule is C[C@H](Sc1nncn1C)c1cccc(NC(=O)N2CCOC3(CC3)C2)c1. The number of morpholine rings is 1. The van der Waals surface area contributed by atoms with Crippen LogP contribution >= 0.6 is 11.8 Å². The molecule has 1 N–H and O–H groups in total. The van der Waals surface area contributed by atoms with E-state index >= 15 is 0 Å². The van der Waals surface area contributed by atoms with Crippen molar-refractivity contribution in [3.05, 3.63) is 36.2 Å². The van der Waals surface area contributed by atoms with E-state index in [4.69, 9.17) is 4.74 Å². The zero-order chi connectivity index (χ0) is 18.1. The molecule has 26 heavy (non-hydrogen) atoms. The number of amides is 2. The summed E-state index contributed by atoms with van der Waals surface area (Å²) in [6.07, 6.45) is 3.81. The lowest BCUT2D eigenvalue weighted by Crippen LogP contribution is -2.48. The molecule has 1 spiro atoms. The van der Waals surface area contributed by atoms with Crippen molar-refractivity contribution in [2.75, 3.05) is 25.0 Å². The van der Waals surface area contributed by atoms with E-state index in [1.807, 2.05) is 34.7 Å². The van der Waals surface area contributed by atoms with Crippen molar-refractivity contribution in [2.45, 2.75) is 35.8 Å². The monoisotopic (exact) mass is 373 g/mol. The van der Waals surface area contributed by atoms with Crippen LogP contribution in [-0.2, 0) is 11.8 Å². The summed E-state index contributed by atoms with van der Waals surface area (Å²) in [5.74, 6) is 0. The Balaban J connectivity index is 1.40. The molecule has 7 nitrogen and oxygen atoms in total. The van der Waals surface area contributed by atoms with Crippen LogP contribution in [0.15, 0.2) is 35.7 Å². The lowest BCUT2D eigenvalue weighted by molar-refractivity contribution is -0.0301. The number of nitrogens with one attached hydrogen (secondary N) is 1. The van der Waals surface area contributed by atoms with Gasteiger partial charge in [-0.15, -0.1) is 10.2 Å². The van der Waals surface area contributed by atoms with Crippen LogP contribution in [0.5, 0.6) is 0 Å². The first-order chi connectivity index (χ1) is 12.5. The third-order valence-corrected chi connectivity index (χ3v) is 6.11. The highest BCUT2D eigenvalue weighted by molar-refractivity contribution is 7.99. The van der Waals surface area contributed by atoms with Gasteiger partial charge < -0.3 is 19.5 Å². The quantitative estimate of drug-likeness (QED) is 0.834. The number of nitrogens with zero attached hydrogens (tertiary/aromatic N) is 4. The first-order valence-corrected chi connectivity index (χ1v) is 9.73. The molecule has 1 aromatic carbocycles. The second-order valence-corrected chi connectivity index (χ2v) is 8.30. The van der Waals surface area contributed by atoms with Gasteiger partial charge in [-0.1, -0.05) is 23.9 Å². The Morgan fingerprint density at radius 1 is 1.42 bits per heavy atom. The van der Waals surface area contributed by atoms with Crippen LogP contribution in [0.3, 0.4) is 0 Å². The molecule has 138 valence electrons. The van der Waals surface area contributed by atoms with Gasteiger partial charge in [0.2, 0.25) is 0 Å². The average molecular weight is 373 g/mol. The number of hydrogen-bond acceptors (Lipinski definition) is 5. The van der Waals surface area contributed by atoms with Crippen molar-refractivity contribution in [1.29, 1.82) is 0 Å². The van der Waals surface area contributed by atoms with Crippen molar-refractivity contribution in [1.82, 2.24) is 19.7 Å². The molecule has 2 aromatic rings. The normalized spacial score (nSPS) is 19.4. The van der Waals surface area contributed by atoms with Gasteiger partial charge in [-0.25, -0.2) is 4.79 Å². The van der Waals surface area contributed by atoms with Gasteiger partial charge in [0.15, 0.2) is 5.16 Å². The van der Waals surface area contributed by atoms with Gasteiger partial charge in [-0.3, -0.25) is 0 Å². The van der Waals surface area contributed by atoms with E-state index in [9.17, 15) is 4.79 Å². The van der Waals surface area contributed by atoms with Crippen LogP contribution in [0.1, 0.15) is 30.6 Å². The highest BCUT2D eigenvalue weighted by Gasteiger charge is 2.48. The van der Waals surface area contributed by atoms with Crippen molar-refractivity contribution in [3.63, 3.8) is 0 Å². The summed E-state index contributed by atoms with van der Waals surface area (Å²) in [6.45, 7) is 4.08. The second kappa shape index (κ2) is 6.92. The van der Waals surface area contributed by atoms with Gasteiger partial charge in [0.1, 0.15) is 6.33 Å². The van der Waals surface area contributed by atoms with Crippen LogP contribution < -0.4 is 5.32 Å². The maximum Gasteiger partial charge on any atom is 0.322 e. The summed E-state index contributed by atoms with van der Waals surface area (Å²) in [7, 11) is 1.93. The van der Waals surface area contributed by atoms with Crippen molar-refractivity contribution >= 4 is 23.5 Å². The molecule has 8 heteroatoms. The van der Waals surface area contributed by atoms with Gasteiger partial charge in [-0.2, -0.15) is 0 Å². The molecule has 0 unspecified atom stereocenters. The number of urea groups is 1. The molecular formula is C18H23N5O2S. The molecule has 2 aliphatic rings. The summed E-state index contributed by atoms with van der Waals surface area (Å²) in [5.41, 5.74) is 1.89. The van der Waals surface area contributed by atoms with E-state index in [1.54, 1.807) is 18.1 Å². The Hall–Kier alpha value is -2.06. The Bertz CT molecular complexity index is 804. The Morgan fingerprint density at radius 2 is 2.27 bits per heavy atom. The highest BCUT2D eigenvalue weighted by atomic mass is 32.2. The maximum absolute atomic E-state index is 12.6. The third-order valence-electron chi connectivity index (χ3n) is 4.90. The minimum Gasteiger partial charge on any atom is -0.371 e. The van der Waals surface area contributed by atoms with Gasteiger partial charge >= 0.3 is 6.03 Å². The van der Waals surface area contributed by atoms with Crippen molar-refractivity contribution in [3.8, 4) is 0 Å². The van der Waals surface area contributed by atoms with E-state index in [-0.39, 0.29) is 16.9 Å². The summed E-state index contributed by atoms with van der Waals surface area (Å²) >= 11 is 1.64. The Labute approximate surface area is 157 Å². The number of anilines is 1. The minimum absolute atomic E-state index is 0.0506. The number of carbonyl (C=O) groups excluding carboxylic acids is 1. The standard InChI is InChI=1S/C18H23N5O2S/c1-13(26-17-21-19-12-22(17)2)14-4-3-5-15(10-14)20-16(24)23-8-9-25-18(11-23)6-7-18/h3-5,10,12-13H,6-9,11H2,1-2H3,(H,20,24)/t13-/m0/s1. The molecule has 1 aromatic heterocycles. The van der Waals surface area contributed by atoms with Crippen LogP contribution in [0.2, 0.25) is 0 Å². The lowest BCUT2D eigenvalue weighted by Gasteiger charge is -2.33. The summed E-state index contributed by atoms with van der Waals surface area (Å²) in [4.78, 5) is 14.5. The predicted molar refractivity (Wildman–Crippen MR) is 100 cm³/mol. The van der Waals surface area contributed by atoms with E-state index in [2.05, 4.69) is 28.5 Å². The first-order valence-electron chi connectivity index (χ1n) is 8.85. The fourth-order valence-corrected chi connectivity index (χ4v) is 4.04. The number of ether oxygens (including phenoxy) is 1. The molecule has 1 aliphatic heterocycles. The number of thioether (sulfide) groups is 1. The molecule has 2 amide bonds. The van der Waals surface area contributed by atoms with E-state index in [1.165, 1.54) is 0 Å². The van der Waals surface area contributed by atoms with Gasteiger partial charge in [0.25, 0.3) is 0 Å². The van der Waals surface area contributed by atoms with E-state index in [0.29, 0.717) is 19.7 Å². The zero-order valence-electron chi connectivity index (χ0n) is 15.0. The Morgan fingerprint density at radius 3 is 3.00 bits per heavy atom. The lowest BCUT2D eigenvalue weighted by atomic mass is 10.1. The molecular weight excluding hydrogens is 350 g/mol. The van der Waals surface area contributed by atoms with E-state index < -0.39 is 0 Å². The van der Waals surface area contributed by atoms with Crippen LogP contribution in [0, 0.1) is 0 Å². The first kappa shape index (κ1) is 17.4. The predicted octanol–water partition coefficient (Wildman–Crippen LogP) is 3.07. The summed E-state index contributed by atoms with van der Waals surface area (Å²) < 4.78 is 7.68. The van der Waals surface area contributed by atoms with Gasteiger partial charge in [-0.05, 0) is 37.5 Å². The maximum atomic E-state index is 12.6. The molecule has 2 fully saturated rings. The van der Waals surface area contributed by atoms with Crippen molar-refractivity contribution < 1.29 is 9.53 Å². The van der Waals surface area contributed by atoms with E-state index in [0.717, 1.165) is 29.2 Å². The Kier molecular flexibility index (Phi) is 4.62. The number of rotatable bonds is 4. The van der Waals surface area contributed by atoms with Crippen LogP contribution in [-0.4, -0.2) is 51.0 Å². The number of carbonyl (C=O) groups is 1. The molecule has 2 heterocycles. The topological polar surface area (TPSA) is 72.3 Å². The summed E-state index contributed by atoms with van der Waals surface area (Å²) in [6, 6.07) is 7.94. The molecule has 1 aliphatic carbocycles. The number of hydrogen-bond donors (Lipinski definition) is 1. The third kappa shape index (κ3) is 3.71. The van der Waals surface area contributed by atoms with Gasteiger partial charge in [0.05, 0.1) is 18.8 Å². The fraction of sp³-hybridized carbons (Fsp3) is 0.500. The minimum atomic E-state index is -0.0569. The molecule has 0 radical (unpaired) electrons. The van der Waals surface area contributed by atoms with Gasteiger partial charge in [0, 0.05) is 24.5 Å².